The fourth-order valence-electron chi connectivity index (χ4n) is 5.22. The molecule has 1 aliphatic heterocycles. The number of halogens is 2. The van der Waals surface area contributed by atoms with Crippen LogP contribution in [0.3, 0.4) is 0 Å². The molecule has 45 heavy (non-hydrogen) atoms. The maximum atomic E-state index is 15.0. The van der Waals surface area contributed by atoms with E-state index >= 15 is 8.78 Å². The van der Waals surface area contributed by atoms with Crippen molar-refractivity contribution in [2.45, 2.75) is 52.8 Å². The van der Waals surface area contributed by atoms with E-state index in [1.807, 2.05) is 57.2 Å². The molecule has 0 spiro atoms. The van der Waals surface area contributed by atoms with Gasteiger partial charge in [0.25, 0.3) is 0 Å². The zero-order chi connectivity index (χ0) is 31.7. The van der Waals surface area contributed by atoms with E-state index in [9.17, 15) is 4.79 Å². The van der Waals surface area contributed by atoms with Crippen LogP contribution in [0.1, 0.15) is 44.5 Å². The van der Waals surface area contributed by atoms with E-state index in [1.54, 1.807) is 28.9 Å². The standard InChI is InChI=1S/C33H33F2N7O3/c1-5-44-21-16-25(34)23(26(35)17-21)19-42-28-9-7-6-8-22(28)29(40-42)31-38-27-12-15-41(32(43)45-33(2,3)4)18-24(27)30(39-31)37-20-10-13-36-14-11-20/h6-11,13-14,16-17H,5,12,15,18-19H2,1-4H3,(H,36,37,38,39). The second-order valence-corrected chi connectivity index (χ2v) is 11.7. The van der Waals surface area contributed by atoms with Gasteiger partial charge in [-0.2, -0.15) is 5.10 Å². The summed E-state index contributed by atoms with van der Waals surface area (Å²) in [7, 11) is 0. The summed E-state index contributed by atoms with van der Waals surface area (Å²) in [6, 6.07) is 13.4. The first-order valence-corrected chi connectivity index (χ1v) is 14.7. The summed E-state index contributed by atoms with van der Waals surface area (Å²) in [5.41, 5.74) is 2.64. The lowest BCUT2D eigenvalue weighted by Crippen LogP contribution is -2.40. The van der Waals surface area contributed by atoms with E-state index in [2.05, 4.69) is 10.3 Å². The van der Waals surface area contributed by atoms with E-state index < -0.39 is 23.3 Å². The highest BCUT2D eigenvalue weighted by Gasteiger charge is 2.30. The fourth-order valence-corrected chi connectivity index (χ4v) is 5.22. The first-order chi connectivity index (χ1) is 21.6. The van der Waals surface area contributed by atoms with Gasteiger partial charge in [-0.05, 0) is 45.9 Å². The number of carbonyl (C=O) groups excluding carboxylic acids is 1. The number of aromatic nitrogens is 5. The molecule has 0 bridgehead atoms. The van der Waals surface area contributed by atoms with Gasteiger partial charge in [-0.3, -0.25) is 9.67 Å². The second-order valence-electron chi connectivity index (χ2n) is 11.7. The van der Waals surface area contributed by atoms with E-state index in [4.69, 9.17) is 24.5 Å². The van der Waals surface area contributed by atoms with Crippen LogP contribution in [0.4, 0.5) is 25.1 Å². The number of nitrogens with one attached hydrogen (secondary N) is 1. The maximum absolute atomic E-state index is 15.0. The Morgan fingerprint density at radius 1 is 1.04 bits per heavy atom. The Morgan fingerprint density at radius 2 is 1.78 bits per heavy atom. The normalized spacial score (nSPS) is 13.1. The second kappa shape index (κ2) is 12.1. The summed E-state index contributed by atoms with van der Waals surface area (Å²) in [4.78, 5) is 28.5. The number of carbonyl (C=O) groups is 1. The Kier molecular flexibility index (Phi) is 8.05. The van der Waals surface area contributed by atoms with Crippen LogP contribution >= 0.6 is 0 Å². The topological polar surface area (TPSA) is 107 Å². The summed E-state index contributed by atoms with van der Waals surface area (Å²) in [5.74, 6) is -0.453. The first-order valence-electron chi connectivity index (χ1n) is 14.7. The highest BCUT2D eigenvalue weighted by Crippen LogP contribution is 2.33. The molecule has 0 saturated carbocycles. The number of hydrogen-bond acceptors (Lipinski definition) is 8. The third-order valence-corrected chi connectivity index (χ3v) is 7.26. The van der Waals surface area contributed by atoms with Crippen LogP contribution in [0.25, 0.3) is 22.4 Å². The highest BCUT2D eigenvalue weighted by molar-refractivity contribution is 5.92. The molecule has 5 aromatic rings. The Hall–Kier alpha value is -5.13. The molecule has 12 heteroatoms. The number of benzene rings is 2. The van der Waals surface area contributed by atoms with Crippen LogP contribution < -0.4 is 10.1 Å². The number of ether oxygens (including phenoxy) is 2. The number of para-hydroxylation sites is 1. The van der Waals surface area contributed by atoms with Gasteiger partial charge in [0.2, 0.25) is 0 Å². The van der Waals surface area contributed by atoms with Crippen molar-refractivity contribution in [2.24, 2.45) is 0 Å². The Labute approximate surface area is 259 Å². The number of hydrogen-bond donors (Lipinski definition) is 1. The Bertz CT molecular complexity index is 1850. The maximum Gasteiger partial charge on any atom is 0.410 e. The molecule has 0 aliphatic carbocycles. The minimum Gasteiger partial charge on any atom is -0.494 e. The van der Waals surface area contributed by atoms with Crippen molar-refractivity contribution in [3.8, 4) is 17.3 Å². The molecule has 0 fully saturated rings. The van der Waals surface area contributed by atoms with Gasteiger partial charge in [0, 0.05) is 59.7 Å². The summed E-state index contributed by atoms with van der Waals surface area (Å²) >= 11 is 0. The van der Waals surface area contributed by atoms with Gasteiger partial charge < -0.3 is 19.7 Å². The lowest BCUT2D eigenvalue weighted by atomic mass is 10.1. The van der Waals surface area contributed by atoms with Crippen molar-refractivity contribution in [3.63, 3.8) is 0 Å². The third kappa shape index (κ3) is 6.40. The molecule has 10 nitrogen and oxygen atoms in total. The molecular weight excluding hydrogens is 580 g/mol. The monoisotopic (exact) mass is 613 g/mol. The highest BCUT2D eigenvalue weighted by atomic mass is 19.1. The first kappa shape index (κ1) is 29.9. The Balaban J connectivity index is 1.42. The molecule has 1 amide bonds. The summed E-state index contributed by atoms with van der Waals surface area (Å²) in [6.45, 7) is 8.05. The van der Waals surface area contributed by atoms with Gasteiger partial charge in [-0.25, -0.2) is 23.5 Å². The zero-order valence-corrected chi connectivity index (χ0v) is 25.5. The van der Waals surface area contributed by atoms with Gasteiger partial charge in [-0.1, -0.05) is 18.2 Å². The van der Waals surface area contributed by atoms with E-state index in [0.29, 0.717) is 42.4 Å². The van der Waals surface area contributed by atoms with Crippen LogP contribution in [0.5, 0.6) is 5.75 Å². The SMILES string of the molecule is CCOc1cc(F)c(Cn2nc(-c3nc4c(c(Nc5ccncc5)n3)CN(C(=O)OC(C)(C)C)CC4)c3ccccc32)c(F)c1. The predicted molar refractivity (Wildman–Crippen MR) is 165 cm³/mol. The summed E-state index contributed by atoms with van der Waals surface area (Å²) < 4.78 is 42.5. The van der Waals surface area contributed by atoms with Crippen LogP contribution in [0.15, 0.2) is 60.9 Å². The summed E-state index contributed by atoms with van der Waals surface area (Å²) in [6.07, 6.45) is 3.39. The number of fused-ring (bicyclic) bond motifs is 2. The molecule has 0 radical (unpaired) electrons. The number of anilines is 2. The zero-order valence-electron chi connectivity index (χ0n) is 25.5. The van der Waals surface area contributed by atoms with Crippen LogP contribution in [0, 0.1) is 11.6 Å². The van der Waals surface area contributed by atoms with E-state index in [-0.39, 0.29) is 24.4 Å². The average Bonchev–Trinajstić information content (AvgIpc) is 3.37. The third-order valence-electron chi connectivity index (χ3n) is 7.26. The quantitative estimate of drug-likeness (QED) is 0.218. The molecule has 0 atom stereocenters. The molecule has 1 aliphatic rings. The number of rotatable bonds is 7. The molecule has 0 saturated heterocycles. The molecule has 1 N–H and O–H groups in total. The molecular formula is C33H33F2N7O3. The average molecular weight is 614 g/mol. The molecule has 232 valence electrons. The lowest BCUT2D eigenvalue weighted by Gasteiger charge is -2.31. The van der Waals surface area contributed by atoms with Gasteiger partial charge in [0.05, 0.1) is 30.9 Å². The predicted octanol–water partition coefficient (Wildman–Crippen LogP) is 6.65. The molecule has 0 unspecified atom stereocenters. The lowest BCUT2D eigenvalue weighted by molar-refractivity contribution is 0.0223. The summed E-state index contributed by atoms with van der Waals surface area (Å²) in [5, 5.41) is 8.87. The van der Waals surface area contributed by atoms with Crippen molar-refractivity contribution in [2.75, 3.05) is 18.5 Å². The van der Waals surface area contributed by atoms with E-state index in [0.717, 1.165) is 22.3 Å². The van der Waals surface area contributed by atoms with Gasteiger partial charge in [0.1, 0.15) is 34.5 Å². The van der Waals surface area contributed by atoms with Gasteiger partial charge >= 0.3 is 6.09 Å². The molecule has 4 heterocycles. The smallest absolute Gasteiger partial charge is 0.410 e. The van der Waals surface area contributed by atoms with Crippen LogP contribution in [-0.4, -0.2) is 54.5 Å². The number of amides is 1. The van der Waals surface area contributed by atoms with Crippen molar-refractivity contribution in [1.29, 1.82) is 0 Å². The van der Waals surface area contributed by atoms with Crippen LogP contribution in [0.2, 0.25) is 0 Å². The molecule has 6 rings (SSSR count). The minimum absolute atomic E-state index is 0.129. The molecule has 3 aromatic heterocycles. The number of pyridine rings is 1. The van der Waals surface area contributed by atoms with Crippen molar-refractivity contribution < 1.29 is 23.0 Å². The number of nitrogens with zero attached hydrogens (tertiary/aromatic N) is 6. The van der Waals surface area contributed by atoms with Gasteiger partial charge in [-0.15, -0.1) is 0 Å². The molecule has 2 aromatic carbocycles. The van der Waals surface area contributed by atoms with E-state index in [1.165, 1.54) is 12.1 Å². The fraction of sp³-hybridized carbons (Fsp3) is 0.303. The van der Waals surface area contributed by atoms with Crippen LogP contribution in [-0.2, 0) is 24.2 Å². The van der Waals surface area contributed by atoms with Crippen molar-refractivity contribution in [1.82, 2.24) is 29.6 Å². The van der Waals surface area contributed by atoms with Crippen molar-refractivity contribution >= 4 is 28.5 Å². The van der Waals surface area contributed by atoms with Gasteiger partial charge in [0.15, 0.2) is 5.82 Å². The Morgan fingerprint density at radius 3 is 2.49 bits per heavy atom. The largest absolute Gasteiger partial charge is 0.494 e. The van der Waals surface area contributed by atoms with Crippen molar-refractivity contribution in [3.05, 3.63) is 89.4 Å². The minimum atomic E-state index is -0.719.